The third kappa shape index (κ3) is 4.94. The first-order valence-corrected chi connectivity index (χ1v) is 17.4. The molecule has 0 aromatic heterocycles. The maximum atomic E-state index is 2.58. The van der Waals surface area contributed by atoms with Crippen molar-refractivity contribution in [3.63, 3.8) is 0 Å². The molecule has 0 spiro atoms. The van der Waals surface area contributed by atoms with Crippen molar-refractivity contribution >= 4 is 3.81 Å². The Hall–Kier alpha value is -0.916. The van der Waals surface area contributed by atoms with Gasteiger partial charge in [0.15, 0.2) is 0 Å². The molecule has 4 fully saturated rings. The molecule has 0 radical (unpaired) electrons. The van der Waals surface area contributed by atoms with Crippen LogP contribution in [0.5, 0.6) is 0 Å². The molecule has 3 heteroatoms. The van der Waals surface area contributed by atoms with E-state index in [2.05, 4.69) is 100.0 Å². The summed E-state index contributed by atoms with van der Waals surface area (Å²) in [6.07, 6.45) is 16.2. The summed E-state index contributed by atoms with van der Waals surface area (Å²) in [6, 6.07) is 15.3. The van der Waals surface area contributed by atoms with E-state index < -0.39 is 17.4 Å². The van der Waals surface area contributed by atoms with Crippen LogP contribution in [0.2, 0.25) is 0 Å². The van der Waals surface area contributed by atoms with Gasteiger partial charge >= 0.3 is 232 Å². The van der Waals surface area contributed by atoms with Crippen LogP contribution in [-0.2, 0) is 28.2 Å². The SMILES string of the molecule is CC(C)(C)c1ccc2c(c1)-c1cc(C(C)(C)C)ccc1[CH]2[Ti+2]([C]1=CC=CC1)=[C]1C2CC3CC(C2)CC1C3.[Cl-].[Cl-]. The Morgan fingerprint density at radius 3 is 1.56 bits per heavy atom. The zero-order valence-corrected chi connectivity index (χ0v) is 27.7. The predicted molar refractivity (Wildman–Crippen MR) is 155 cm³/mol. The average molecular weight is 596 g/mol. The van der Waals surface area contributed by atoms with Crippen molar-refractivity contribution in [3.05, 3.63) is 80.8 Å². The minimum Gasteiger partial charge on any atom is -1.00 e. The summed E-state index contributed by atoms with van der Waals surface area (Å²) in [7, 11) is 0. The molecule has 6 aliphatic rings. The summed E-state index contributed by atoms with van der Waals surface area (Å²) in [5, 5.41) is 0. The van der Waals surface area contributed by atoms with E-state index in [9.17, 15) is 0 Å². The molecule has 0 atom stereocenters. The summed E-state index contributed by atoms with van der Waals surface area (Å²) in [4.78, 5) is 0. The molecule has 0 heterocycles. The molecule has 0 unspecified atom stereocenters. The van der Waals surface area contributed by atoms with Crippen molar-refractivity contribution in [2.45, 2.75) is 95.1 Å². The van der Waals surface area contributed by atoms with Crippen LogP contribution in [0.1, 0.15) is 107 Å². The standard InChI is InChI=1S/C21H25.C10H14.C5H5.2ClH.Ti/c1-20(2,3)16-9-7-14-11-15-8-10-17(21(4,5)6)13-19(15)18(14)12-16;1-7-2-9-4-8(1)5-10(3-7)6-9;1-2-4-5-3-1;;;/h7-13H,1-6H3;7-10H,1-5H2;1-3H,4H2;2*1H;/q;;;;;+2/p-2. The molecule has 39 heavy (non-hydrogen) atoms. The maximum absolute atomic E-state index is 2.58. The molecule has 0 nitrogen and oxygen atoms in total. The van der Waals surface area contributed by atoms with Crippen molar-refractivity contribution in [2.24, 2.45) is 23.7 Å². The first-order chi connectivity index (χ1) is 17.6. The van der Waals surface area contributed by atoms with E-state index in [4.69, 9.17) is 0 Å². The smallest absolute Gasteiger partial charge is 1.00 e. The Morgan fingerprint density at radius 1 is 0.667 bits per heavy atom. The van der Waals surface area contributed by atoms with Crippen molar-refractivity contribution in [1.82, 2.24) is 0 Å². The molecule has 2 aromatic carbocycles. The van der Waals surface area contributed by atoms with Gasteiger partial charge in [-0.25, -0.2) is 0 Å². The van der Waals surface area contributed by atoms with E-state index >= 15 is 0 Å². The molecule has 6 aliphatic carbocycles. The second-order valence-corrected chi connectivity index (χ2v) is 19.1. The van der Waals surface area contributed by atoms with Gasteiger partial charge in [-0.2, -0.15) is 0 Å². The van der Waals surface area contributed by atoms with Gasteiger partial charge in [0.1, 0.15) is 0 Å². The van der Waals surface area contributed by atoms with Gasteiger partial charge in [-0.3, -0.25) is 0 Å². The van der Waals surface area contributed by atoms with Crippen LogP contribution in [0, 0.1) is 23.7 Å². The number of fused-ring (bicyclic) bond motifs is 3. The number of hydrogen-bond acceptors (Lipinski definition) is 0. The molecular formula is C36H44Cl2Ti. The Bertz CT molecular complexity index is 1280. The second-order valence-electron chi connectivity index (χ2n) is 15.0. The van der Waals surface area contributed by atoms with Crippen molar-refractivity contribution in [3.8, 4) is 11.1 Å². The zero-order valence-electron chi connectivity index (χ0n) is 24.6. The monoisotopic (exact) mass is 594 g/mol. The van der Waals surface area contributed by atoms with Crippen LogP contribution < -0.4 is 24.8 Å². The molecule has 0 N–H and O–H groups in total. The fourth-order valence-electron chi connectivity index (χ4n) is 8.81. The Morgan fingerprint density at radius 2 is 1.15 bits per heavy atom. The molecule has 8 rings (SSSR count). The molecule has 0 saturated heterocycles. The van der Waals surface area contributed by atoms with Crippen LogP contribution in [0.25, 0.3) is 11.1 Å². The first-order valence-electron chi connectivity index (χ1n) is 15.0. The van der Waals surface area contributed by atoms with E-state index in [-0.39, 0.29) is 35.6 Å². The molecule has 4 saturated carbocycles. The summed E-state index contributed by atoms with van der Waals surface area (Å²) < 4.78 is 4.61. The fraction of sp³-hybridized carbons (Fsp3) is 0.528. The minimum atomic E-state index is -1.77. The average Bonchev–Trinajstić information content (AvgIpc) is 3.46. The summed E-state index contributed by atoms with van der Waals surface area (Å²) in [6.45, 7) is 14.2. The van der Waals surface area contributed by atoms with Crippen LogP contribution in [0.15, 0.2) is 58.5 Å². The van der Waals surface area contributed by atoms with Crippen molar-refractivity contribution in [1.29, 1.82) is 0 Å². The van der Waals surface area contributed by atoms with Gasteiger partial charge in [-0.15, -0.1) is 0 Å². The van der Waals surface area contributed by atoms with Crippen molar-refractivity contribution < 1.29 is 42.2 Å². The van der Waals surface area contributed by atoms with Gasteiger partial charge in [0.25, 0.3) is 0 Å². The molecule has 206 valence electrons. The van der Waals surface area contributed by atoms with E-state index in [1.54, 1.807) is 28.7 Å². The van der Waals surface area contributed by atoms with E-state index in [1.807, 2.05) is 3.88 Å². The number of allylic oxidation sites excluding steroid dienone is 4. The third-order valence-corrected chi connectivity index (χ3v) is 16.3. The van der Waals surface area contributed by atoms with Gasteiger partial charge < -0.3 is 24.8 Å². The zero-order chi connectivity index (χ0) is 25.7. The van der Waals surface area contributed by atoms with E-state index in [0.717, 1.165) is 23.7 Å². The molecular weight excluding hydrogens is 551 g/mol. The van der Waals surface area contributed by atoms with Gasteiger partial charge in [0, 0.05) is 0 Å². The third-order valence-electron chi connectivity index (χ3n) is 10.5. The fourth-order valence-corrected chi connectivity index (χ4v) is 15.3. The van der Waals surface area contributed by atoms with Gasteiger partial charge in [0.2, 0.25) is 0 Å². The van der Waals surface area contributed by atoms with Gasteiger partial charge in [-0.05, 0) is 0 Å². The molecule has 0 aliphatic heterocycles. The van der Waals surface area contributed by atoms with Crippen LogP contribution >= 0.6 is 0 Å². The predicted octanol–water partition coefficient (Wildman–Crippen LogP) is 3.45. The van der Waals surface area contributed by atoms with Gasteiger partial charge in [0.05, 0.1) is 0 Å². The second kappa shape index (κ2) is 10.4. The maximum Gasteiger partial charge on any atom is -1.00 e. The molecule has 0 amide bonds. The number of hydrogen-bond donors (Lipinski definition) is 0. The van der Waals surface area contributed by atoms with Crippen molar-refractivity contribution in [2.75, 3.05) is 0 Å². The van der Waals surface area contributed by atoms with Crippen LogP contribution in [0.4, 0.5) is 0 Å². The molecule has 4 bridgehead atoms. The Kier molecular flexibility index (Phi) is 7.90. The number of halogens is 2. The first kappa shape index (κ1) is 29.6. The summed E-state index contributed by atoms with van der Waals surface area (Å²) >= 11 is -1.77. The van der Waals surface area contributed by atoms with E-state index in [1.165, 1.54) is 43.2 Å². The Balaban J connectivity index is 0.00000154. The quantitative estimate of drug-likeness (QED) is 0.467. The number of rotatable bonds is 2. The normalized spacial score (nSPS) is 26.4. The topological polar surface area (TPSA) is 0 Å². The van der Waals surface area contributed by atoms with Crippen LogP contribution in [-0.4, -0.2) is 3.81 Å². The Labute approximate surface area is 255 Å². The summed E-state index contributed by atoms with van der Waals surface area (Å²) in [5.74, 6) is 3.94. The minimum absolute atomic E-state index is 0. The number of benzene rings is 2. The van der Waals surface area contributed by atoms with Crippen LogP contribution in [0.3, 0.4) is 0 Å². The van der Waals surface area contributed by atoms with Gasteiger partial charge in [-0.1, -0.05) is 0 Å². The van der Waals surface area contributed by atoms with E-state index in [0.29, 0.717) is 4.22 Å². The summed E-state index contributed by atoms with van der Waals surface area (Å²) in [5.41, 5.74) is 9.73. The molecule has 2 aromatic rings. The largest absolute Gasteiger partial charge is 1.00 e.